The van der Waals surface area contributed by atoms with E-state index in [1.165, 1.54) is 16.7 Å². The van der Waals surface area contributed by atoms with Crippen LogP contribution in [0.3, 0.4) is 0 Å². The van der Waals surface area contributed by atoms with Crippen molar-refractivity contribution >= 4 is 56.4 Å². The van der Waals surface area contributed by atoms with Gasteiger partial charge in [-0.25, -0.2) is 4.99 Å². The Hall–Kier alpha value is -2.78. The normalized spacial score (nSPS) is 16.3. The van der Waals surface area contributed by atoms with Crippen molar-refractivity contribution in [2.75, 3.05) is 20.3 Å². The molecule has 31 heavy (non-hydrogen) atoms. The number of nitrogens with two attached hydrogens (primary N) is 1. The molecule has 7 nitrogen and oxygen atoms in total. The van der Waals surface area contributed by atoms with Crippen LogP contribution in [-0.4, -0.2) is 42.1 Å². The first kappa shape index (κ1) is 22.9. The zero-order chi connectivity index (χ0) is 22.5. The van der Waals surface area contributed by atoms with E-state index >= 15 is 0 Å². The SMILES string of the molecule is CCOc1cc(C=C2SC(=Nc3ccc(C)cc3)N(C)C2=O)cc(Br)c1OCC(N)=O. The van der Waals surface area contributed by atoms with Gasteiger partial charge in [-0.2, -0.15) is 0 Å². The van der Waals surface area contributed by atoms with Crippen molar-refractivity contribution in [1.82, 2.24) is 4.90 Å². The summed E-state index contributed by atoms with van der Waals surface area (Å²) in [6.45, 7) is 3.99. The fraction of sp³-hybridized carbons (Fsp3) is 0.227. The predicted molar refractivity (Wildman–Crippen MR) is 127 cm³/mol. The molecule has 9 heteroatoms. The maximum absolute atomic E-state index is 12.7. The molecule has 162 valence electrons. The lowest BCUT2D eigenvalue weighted by molar-refractivity contribution is -0.121. The van der Waals surface area contributed by atoms with E-state index in [4.69, 9.17) is 15.2 Å². The number of likely N-dealkylation sites (N-methyl/N-ethyl adjacent to an activating group) is 1. The lowest BCUT2D eigenvalue weighted by atomic mass is 10.2. The summed E-state index contributed by atoms with van der Waals surface area (Å²) in [6, 6.07) is 11.3. The predicted octanol–water partition coefficient (Wildman–Crippen LogP) is 4.25. The molecule has 2 N–H and O–H groups in total. The first-order chi connectivity index (χ1) is 14.8. The summed E-state index contributed by atoms with van der Waals surface area (Å²) in [5.41, 5.74) is 7.84. The van der Waals surface area contributed by atoms with Gasteiger partial charge in [0, 0.05) is 7.05 Å². The number of benzene rings is 2. The number of ether oxygens (including phenoxy) is 2. The number of thioether (sulfide) groups is 1. The second-order valence-corrected chi connectivity index (χ2v) is 8.59. The summed E-state index contributed by atoms with van der Waals surface area (Å²) in [5.74, 6) is 0.102. The van der Waals surface area contributed by atoms with Crippen molar-refractivity contribution in [2.45, 2.75) is 13.8 Å². The molecule has 0 saturated carbocycles. The number of halogens is 1. The van der Waals surface area contributed by atoms with Gasteiger partial charge in [-0.1, -0.05) is 17.7 Å². The highest BCUT2D eigenvalue weighted by Gasteiger charge is 2.30. The third kappa shape index (κ3) is 5.68. The Labute approximate surface area is 193 Å². The lowest BCUT2D eigenvalue weighted by Crippen LogP contribution is -2.23. The fourth-order valence-electron chi connectivity index (χ4n) is 2.75. The number of hydrogen-bond donors (Lipinski definition) is 1. The molecule has 0 atom stereocenters. The molecule has 1 aliphatic rings. The molecule has 3 rings (SSSR count). The van der Waals surface area contributed by atoms with Crippen molar-refractivity contribution < 1.29 is 19.1 Å². The molecule has 0 spiro atoms. The minimum Gasteiger partial charge on any atom is -0.490 e. The number of nitrogens with zero attached hydrogens (tertiary/aromatic N) is 2. The Bertz CT molecular complexity index is 1070. The van der Waals surface area contributed by atoms with Gasteiger partial charge in [-0.05, 0) is 77.4 Å². The second-order valence-electron chi connectivity index (χ2n) is 6.72. The van der Waals surface area contributed by atoms with E-state index in [0.29, 0.717) is 32.7 Å². The molecular formula is C22H22BrN3O4S. The summed E-state index contributed by atoms with van der Waals surface area (Å²) in [5, 5.41) is 0.602. The van der Waals surface area contributed by atoms with Crippen molar-refractivity contribution in [1.29, 1.82) is 0 Å². The van der Waals surface area contributed by atoms with Crippen LogP contribution in [-0.2, 0) is 9.59 Å². The number of hydrogen-bond acceptors (Lipinski definition) is 6. The molecule has 0 aromatic heterocycles. The van der Waals surface area contributed by atoms with Gasteiger partial charge in [0.25, 0.3) is 11.8 Å². The van der Waals surface area contributed by atoms with E-state index in [-0.39, 0.29) is 12.5 Å². The average molecular weight is 504 g/mol. The second kappa shape index (κ2) is 10.0. The van der Waals surface area contributed by atoms with Crippen LogP contribution in [0.2, 0.25) is 0 Å². The van der Waals surface area contributed by atoms with Crippen molar-refractivity contribution in [3.05, 3.63) is 56.9 Å². The summed E-state index contributed by atoms with van der Waals surface area (Å²) >= 11 is 4.75. The Morgan fingerprint density at radius 1 is 1.26 bits per heavy atom. The molecule has 1 saturated heterocycles. The van der Waals surface area contributed by atoms with Gasteiger partial charge in [0.1, 0.15) is 0 Å². The van der Waals surface area contributed by atoms with Crippen LogP contribution in [0.1, 0.15) is 18.1 Å². The van der Waals surface area contributed by atoms with Crippen LogP contribution >= 0.6 is 27.7 Å². The van der Waals surface area contributed by atoms with Crippen molar-refractivity contribution in [2.24, 2.45) is 10.7 Å². The Morgan fingerprint density at radius 2 is 1.97 bits per heavy atom. The third-order valence-corrected chi connectivity index (χ3v) is 5.90. The van der Waals surface area contributed by atoms with Gasteiger partial charge in [0.15, 0.2) is 23.3 Å². The first-order valence-corrected chi connectivity index (χ1v) is 11.1. The molecule has 1 fully saturated rings. The zero-order valence-electron chi connectivity index (χ0n) is 17.3. The molecule has 0 unspecified atom stereocenters. The van der Waals surface area contributed by atoms with E-state index in [2.05, 4.69) is 20.9 Å². The Balaban J connectivity index is 1.90. The molecule has 0 radical (unpaired) electrons. The third-order valence-electron chi connectivity index (χ3n) is 4.25. The van der Waals surface area contributed by atoms with Crippen LogP contribution in [0.5, 0.6) is 11.5 Å². The number of primary amides is 1. The standard InChI is InChI=1S/C22H22BrN3O4S/c1-4-29-17-10-14(9-16(23)20(17)30-12-19(24)27)11-18-21(28)26(3)22(31-18)25-15-7-5-13(2)6-8-15/h5-11H,4,12H2,1-3H3,(H2,24,27). The van der Waals surface area contributed by atoms with E-state index in [9.17, 15) is 9.59 Å². The number of aliphatic imine (C=N–C) groups is 1. The largest absolute Gasteiger partial charge is 0.490 e. The maximum Gasteiger partial charge on any atom is 0.266 e. The molecule has 2 amide bonds. The zero-order valence-corrected chi connectivity index (χ0v) is 19.7. The quantitative estimate of drug-likeness (QED) is 0.569. The average Bonchev–Trinajstić information content (AvgIpc) is 2.97. The molecule has 1 heterocycles. The van der Waals surface area contributed by atoms with Crippen molar-refractivity contribution in [3.8, 4) is 11.5 Å². The Kier molecular flexibility index (Phi) is 7.40. The highest BCUT2D eigenvalue weighted by Crippen LogP contribution is 2.39. The van der Waals surface area contributed by atoms with Gasteiger partial charge < -0.3 is 15.2 Å². The van der Waals surface area contributed by atoms with Crippen LogP contribution in [0.15, 0.2) is 50.8 Å². The minimum atomic E-state index is -0.586. The van der Waals surface area contributed by atoms with E-state index in [1.54, 1.807) is 25.3 Å². The summed E-state index contributed by atoms with van der Waals surface area (Å²) < 4.78 is 11.7. The highest BCUT2D eigenvalue weighted by molar-refractivity contribution is 9.10. The summed E-state index contributed by atoms with van der Waals surface area (Å²) in [7, 11) is 1.70. The summed E-state index contributed by atoms with van der Waals surface area (Å²) in [4.78, 5) is 30.5. The number of aryl methyl sites for hydroxylation is 1. The number of rotatable bonds is 7. The smallest absolute Gasteiger partial charge is 0.266 e. The molecule has 2 aromatic carbocycles. The van der Waals surface area contributed by atoms with Crippen LogP contribution in [0.25, 0.3) is 6.08 Å². The van der Waals surface area contributed by atoms with E-state index < -0.39 is 5.91 Å². The minimum absolute atomic E-state index is 0.140. The first-order valence-electron chi connectivity index (χ1n) is 9.49. The fourth-order valence-corrected chi connectivity index (χ4v) is 4.31. The number of amides is 2. The number of amidine groups is 1. The van der Waals surface area contributed by atoms with Crippen LogP contribution in [0.4, 0.5) is 5.69 Å². The van der Waals surface area contributed by atoms with Gasteiger partial charge in [-0.3, -0.25) is 14.5 Å². The summed E-state index contributed by atoms with van der Waals surface area (Å²) in [6.07, 6.45) is 1.77. The van der Waals surface area contributed by atoms with Gasteiger partial charge >= 0.3 is 0 Å². The van der Waals surface area contributed by atoms with Gasteiger partial charge in [0.2, 0.25) is 0 Å². The van der Waals surface area contributed by atoms with Crippen molar-refractivity contribution in [3.63, 3.8) is 0 Å². The molecule has 2 aromatic rings. The van der Waals surface area contributed by atoms with Crippen LogP contribution in [0, 0.1) is 6.92 Å². The molecule has 1 aliphatic heterocycles. The monoisotopic (exact) mass is 503 g/mol. The van der Waals surface area contributed by atoms with E-state index in [1.807, 2.05) is 38.1 Å². The molecule has 0 bridgehead atoms. The lowest BCUT2D eigenvalue weighted by Gasteiger charge is -2.14. The highest BCUT2D eigenvalue weighted by atomic mass is 79.9. The Morgan fingerprint density at radius 3 is 2.61 bits per heavy atom. The van der Waals surface area contributed by atoms with E-state index in [0.717, 1.165) is 16.8 Å². The molecular weight excluding hydrogens is 482 g/mol. The maximum atomic E-state index is 12.7. The number of carbonyl (C=O) groups is 2. The van der Waals surface area contributed by atoms with Gasteiger partial charge in [-0.15, -0.1) is 0 Å². The topological polar surface area (TPSA) is 94.2 Å². The number of carbonyl (C=O) groups excluding carboxylic acids is 2. The molecule has 0 aliphatic carbocycles. The van der Waals surface area contributed by atoms with Gasteiger partial charge in [0.05, 0.1) is 21.7 Å². The van der Waals surface area contributed by atoms with Crippen LogP contribution < -0.4 is 15.2 Å².